The van der Waals surface area contributed by atoms with Gasteiger partial charge in [0, 0.05) is 67.7 Å². The molecule has 0 radical (unpaired) electrons. The van der Waals surface area contributed by atoms with Gasteiger partial charge in [0.05, 0.1) is 16.7 Å². The molecule has 3 aromatic rings. The number of aryl methyl sites for hydroxylation is 1. The molecule has 6 rings (SSSR count). The quantitative estimate of drug-likeness (QED) is 0.356. The van der Waals surface area contributed by atoms with E-state index >= 15 is 0 Å². The molecule has 3 aliphatic heterocycles. The summed E-state index contributed by atoms with van der Waals surface area (Å²) in [6.07, 6.45) is 7.97. The van der Waals surface area contributed by atoms with Crippen molar-refractivity contribution in [3.05, 3.63) is 86.7 Å². The number of hydrogen-bond donors (Lipinski definition) is 1. The molecule has 1 N–H and O–H groups in total. The lowest BCUT2D eigenvalue weighted by Crippen LogP contribution is -2.58. The summed E-state index contributed by atoms with van der Waals surface area (Å²) >= 11 is 12.7. The molecule has 0 bridgehead atoms. The van der Waals surface area contributed by atoms with Gasteiger partial charge in [-0.2, -0.15) is 0 Å². The molecule has 8 nitrogen and oxygen atoms in total. The van der Waals surface area contributed by atoms with Gasteiger partial charge in [-0.1, -0.05) is 42.3 Å². The second kappa shape index (κ2) is 13.3. The van der Waals surface area contributed by atoms with Crippen LogP contribution in [0.3, 0.4) is 0 Å². The first-order valence-corrected chi connectivity index (χ1v) is 16.8. The molecule has 3 aliphatic rings. The number of aliphatic hydroxyl groups excluding tert-OH is 1. The summed E-state index contributed by atoms with van der Waals surface area (Å²) in [5, 5.41) is 12.0. The van der Waals surface area contributed by atoms with Gasteiger partial charge < -0.3 is 19.8 Å². The maximum atomic E-state index is 13.7. The van der Waals surface area contributed by atoms with E-state index in [4.69, 9.17) is 23.2 Å². The molecule has 1 spiro atoms. The summed E-state index contributed by atoms with van der Waals surface area (Å²) in [5.41, 5.74) is 3.71. The molecule has 2 amide bonds. The fraction of sp³-hybridized carbons (Fsp3) is 0.486. The number of rotatable bonds is 5. The predicted molar refractivity (Wildman–Crippen MR) is 177 cm³/mol. The number of anilines is 1. The van der Waals surface area contributed by atoms with E-state index in [1.54, 1.807) is 24.0 Å². The number of likely N-dealkylation sites (tertiary alicyclic amines) is 2. The Morgan fingerprint density at radius 3 is 2.33 bits per heavy atom. The smallest absolute Gasteiger partial charge is 0.255 e. The van der Waals surface area contributed by atoms with Gasteiger partial charge in [-0.05, 0) is 92.3 Å². The largest absolute Gasteiger partial charge is 0.392 e. The molecular formula is C35H41Cl2N5O3. The van der Waals surface area contributed by atoms with Crippen molar-refractivity contribution in [3.8, 4) is 0 Å². The molecule has 1 unspecified atom stereocenters. The molecule has 2 aromatic carbocycles. The van der Waals surface area contributed by atoms with Gasteiger partial charge in [0.2, 0.25) is 5.95 Å². The van der Waals surface area contributed by atoms with E-state index in [1.807, 2.05) is 29.4 Å². The summed E-state index contributed by atoms with van der Waals surface area (Å²) in [7, 11) is 0. The van der Waals surface area contributed by atoms with Crippen molar-refractivity contribution in [1.82, 2.24) is 19.8 Å². The average Bonchev–Trinajstić information content (AvgIpc) is 3.08. The zero-order valence-corrected chi connectivity index (χ0v) is 27.5. The normalized spacial score (nSPS) is 20.5. The van der Waals surface area contributed by atoms with E-state index < -0.39 is 11.5 Å². The second-order valence-electron chi connectivity index (χ2n) is 12.9. The van der Waals surface area contributed by atoms with E-state index in [9.17, 15) is 14.7 Å². The van der Waals surface area contributed by atoms with Gasteiger partial charge >= 0.3 is 0 Å². The minimum atomic E-state index is -0.523. The van der Waals surface area contributed by atoms with E-state index in [-0.39, 0.29) is 11.8 Å². The number of carbonyl (C=O) groups excluding carboxylic acids is 2. The maximum Gasteiger partial charge on any atom is 0.255 e. The summed E-state index contributed by atoms with van der Waals surface area (Å²) < 4.78 is 0. The Labute approximate surface area is 275 Å². The van der Waals surface area contributed by atoms with Crippen molar-refractivity contribution < 1.29 is 14.7 Å². The number of piperidine rings is 3. The highest BCUT2D eigenvalue weighted by atomic mass is 35.5. The number of aromatic nitrogens is 2. The molecule has 238 valence electrons. The van der Waals surface area contributed by atoms with Crippen LogP contribution < -0.4 is 4.90 Å². The van der Waals surface area contributed by atoms with Gasteiger partial charge in [-0.3, -0.25) is 9.59 Å². The minimum absolute atomic E-state index is 0.0233. The fourth-order valence-electron chi connectivity index (χ4n) is 7.18. The van der Waals surface area contributed by atoms with Crippen LogP contribution in [0.4, 0.5) is 5.95 Å². The number of benzene rings is 2. The van der Waals surface area contributed by atoms with Crippen LogP contribution in [-0.4, -0.2) is 82.1 Å². The Balaban J connectivity index is 1.07. The Hall–Kier alpha value is -3.20. The Kier molecular flexibility index (Phi) is 9.37. The molecule has 0 saturated carbocycles. The van der Waals surface area contributed by atoms with Crippen molar-refractivity contribution in [2.45, 2.75) is 64.4 Å². The monoisotopic (exact) mass is 649 g/mol. The lowest BCUT2D eigenvalue weighted by atomic mass is 9.70. The first kappa shape index (κ1) is 31.8. The molecule has 0 aliphatic carbocycles. The molecule has 45 heavy (non-hydrogen) atoms. The molecule has 1 atom stereocenters. The molecule has 3 saturated heterocycles. The third-order valence-corrected chi connectivity index (χ3v) is 11.1. The third-order valence-electron chi connectivity index (χ3n) is 10.3. The number of aliphatic hydroxyl groups is 1. The first-order chi connectivity index (χ1) is 21.7. The SMILES string of the molecule is CCc1cnc(N2CCC(c3cccc(C(=O)N4CCC5(CC4)CN(C(=O)c4ccc(Cl)c(C)c4Cl)CCC5O)c3)CC2)nc1. The highest BCUT2D eigenvalue weighted by molar-refractivity contribution is 6.38. The average molecular weight is 651 g/mol. The van der Waals surface area contributed by atoms with E-state index in [0.717, 1.165) is 43.9 Å². The van der Waals surface area contributed by atoms with Crippen molar-refractivity contribution in [2.75, 3.05) is 44.2 Å². The van der Waals surface area contributed by atoms with Crippen LogP contribution in [-0.2, 0) is 6.42 Å². The van der Waals surface area contributed by atoms with Crippen LogP contribution in [0.5, 0.6) is 0 Å². The minimum Gasteiger partial charge on any atom is -0.392 e. The highest BCUT2D eigenvalue weighted by Gasteiger charge is 2.46. The summed E-state index contributed by atoms with van der Waals surface area (Å²) in [6, 6.07) is 11.5. The summed E-state index contributed by atoms with van der Waals surface area (Å²) in [4.78, 5) is 42.2. The lowest BCUT2D eigenvalue weighted by molar-refractivity contribution is -0.0676. The topological polar surface area (TPSA) is 89.9 Å². The molecule has 3 fully saturated rings. The summed E-state index contributed by atoms with van der Waals surface area (Å²) in [6.45, 7) is 7.65. The fourth-order valence-corrected chi connectivity index (χ4v) is 7.63. The standard InChI is InChI=1S/C35H41Cl2N5O3/c1-3-24-20-38-34(39-21-24)41-14-9-25(10-15-41)26-5-4-6-27(19-26)32(44)40-17-12-35(13-18-40)22-42(16-11-30(35)43)33(45)28-7-8-29(36)23(2)31(28)37/h4-8,19-21,25,30,43H,3,9-18,22H2,1-2H3. The highest BCUT2D eigenvalue weighted by Crippen LogP contribution is 2.41. The zero-order valence-electron chi connectivity index (χ0n) is 26.0. The molecular weight excluding hydrogens is 609 g/mol. The number of carbonyl (C=O) groups is 2. The number of halogens is 2. The van der Waals surface area contributed by atoms with Crippen LogP contribution in [0.15, 0.2) is 48.8 Å². The summed E-state index contributed by atoms with van der Waals surface area (Å²) in [5.74, 6) is 1.05. The van der Waals surface area contributed by atoms with Gasteiger partial charge in [0.1, 0.15) is 0 Å². The van der Waals surface area contributed by atoms with Gasteiger partial charge in [-0.25, -0.2) is 9.97 Å². The molecule has 10 heteroatoms. The van der Waals surface area contributed by atoms with Crippen molar-refractivity contribution in [1.29, 1.82) is 0 Å². The van der Waals surface area contributed by atoms with Crippen molar-refractivity contribution in [2.24, 2.45) is 5.41 Å². The maximum absolute atomic E-state index is 13.7. The zero-order chi connectivity index (χ0) is 31.7. The number of hydrogen-bond acceptors (Lipinski definition) is 6. The molecule has 4 heterocycles. The van der Waals surface area contributed by atoms with E-state index in [1.165, 1.54) is 5.56 Å². The number of amides is 2. The third kappa shape index (κ3) is 6.42. The van der Waals surface area contributed by atoms with Crippen LogP contribution in [0.1, 0.15) is 82.4 Å². The second-order valence-corrected chi connectivity index (χ2v) is 13.6. The van der Waals surface area contributed by atoms with Crippen molar-refractivity contribution in [3.63, 3.8) is 0 Å². The van der Waals surface area contributed by atoms with Gasteiger partial charge in [0.15, 0.2) is 0 Å². The Morgan fingerprint density at radius 2 is 1.64 bits per heavy atom. The van der Waals surface area contributed by atoms with Crippen molar-refractivity contribution >= 4 is 41.0 Å². The first-order valence-electron chi connectivity index (χ1n) is 16.1. The molecule has 1 aromatic heterocycles. The van der Waals surface area contributed by atoms with Crippen LogP contribution >= 0.6 is 23.2 Å². The Bertz CT molecular complexity index is 1550. The predicted octanol–water partition coefficient (Wildman–Crippen LogP) is 6.17. The Morgan fingerprint density at radius 1 is 0.933 bits per heavy atom. The van der Waals surface area contributed by atoms with Gasteiger partial charge in [0.25, 0.3) is 11.8 Å². The number of nitrogens with zero attached hydrogens (tertiary/aromatic N) is 5. The lowest BCUT2D eigenvalue weighted by Gasteiger charge is -2.50. The van der Waals surface area contributed by atoms with Crippen LogP contribution in [0.2, 0.25) is 10.0 Å². The van der Waals surface area contributed by atoms with Crippen LogP contribution in [0.25, 0.3) is 0 Å². The van der Waals surface area contributed by atoms with Gasteiger partial charge in [-0.15, -0.1) is 0 Å². The van der Waals surface area contributed by atoms with E-state index in [0.29, 0.717) is 78.1 Å². The van der Waals surface area contributed by atoms with Crippen LogP contribution in [0, 0.1) is 12.3 Å². The van der Waals surface area contributed by atoms with E-state index in [2.05, 4.69) is 33.9 Å².